The van der Waals surface area contributed by atoms with Gasteiger partial charge in [-0.15, -0.1) is 6.42 Å². The molecule has 1 aromatic heterocycles. The van der Waals surface area contributed by atoms with Gasteiger partial charge in [0.25, 0.3) is 0 Å². The zero-order valence-corrected chi connectivity index (χ0v) is 9.03. The van der Waals surface area contributed by atoms with E-state index in [2.05, 4.69) is 29.2 Å². The predicted molar refractivity (Wildman–Crippen MR) is 61.3 cm³/mol. The lowest BCUT2D eigenvalue weighted by molar-refractivity contribution is 0.474. The van der Waals surface area contributed by atoms with E-state index in [-0.39, 0.29) is 6.04 Å². The normalized spacial score (nSPS) is 20.7. The molecule has 15 heavy (non-hydrogen) atoms. The summed E-state index contributed by atoms with van der Waals surface area (Å²) in [6.07, 6.45) is 10.5. The quantitative estimate of drug-likeness (QED) is 0.755. The Bertz CT molecular complexity index is 378. The van der Waals surface area contributed by atoms with E-state index in [1.807, 2.05) is 12.3 Å². The average Bonchev–Trinajstić information content (AvgIpc) is 2.69. The molecule has 1 aromatic rings. The van der Waals surface area contributed by atoms with E-state index in [0.29, 0.717) is 6.04 Å². The maximum absolute atomic E-state index is 5.45. The van der Waals surface area contributed by atoms with Gasteiger partial charge in [-0.2, -0.15) is 0 Å². The molecule has 1 aliphatic carbocycles. The van der Waals surface area contributed by atoms with Crippen LogP contribution in [0, 0.1) is 12.3 Å². The third-order valence-corrected chi connectivity index (χ3v) is 2.97. The number of hydrogen-bond acceptors (Lipinski definition) is 2. The summed E-state index contributed by atoms with van der Waals surface area (Å²) < 4.78 is 0. The Morgan fingerprint density at radius 1 is 1.73 bits per heavy atom. The van der Waals surface area contributed by atoms with Crippen LogP contribution in [0.1, 0.15) is 37.1 Å². The summed E-state index contributed by atoms with van der Waals surface area (Å²) in [5.41, 5.74) is 2.55. The molecule has 2 rings (SSSR count). The van der Waals surface area contributed by atoms with Crippen molar-refractivity contribution >= 4 is 0 Å². The zero-order chi connectivity index (χ0) is 10.7. The van der Waals surface area contributed by atoms with Crippen molar-refractivity contribution in [3.05, 3.63) is 29.6 Å². The molecule has 0 saturated heterocycles. The second-order valence-corrected chi connectivity index (χ2v) is 3.93. The van der Waals surface area contributed by atoms with Gasteiger partial charge >= 0.3 is 0 Å². The maximum Gasteiger partial charge on any atom is 0.0689 e. The van der Waals surface area contributed by atoms with E-state index in [1.165, 1.54) is 11.3 Å². The van der Waals surface area contributed by atoms with Crippen molar-refractivity contribution in [1.29, 1.82) is 0 Å². The smallest absolute Gasteiger partial charge is 0.0689 e. The summed E-state index contributed by atoms with van der Waals surface area (Å²) in [5.74, 6) is 2.77. The fraction of sp³-hybridized carbons (Fsp3) is 0.462. The highest BCUT2D eigenvalue weighted by Gasteiger charge is 2.24. The minimum atomic E-state index is 0.169. The number of rotatable bonds is 3. The molecule has 1 heterocycles. The Labute approximate surface area is 91.1 Å². The van der Waals surface area contributed by atoms with Gasteiger partial charge < -0.3 is 0 Å². The Hall–Kier alpha value is -1.33. The molecule has 2 atom stereocenters. The topological polar surface area (TPSA) is 24.9 Å². The molecule has 1 N–H and O–H groups in total. The first-order valence-corrected chi connectivity index (χ1v) is 5.51. The van der Waals surface area contributed by atoms with Crippen molar-refractivity contribution in [2.24, 2.45) is 0 Å². The molecule has 0 aliphatic heterocycles. The molecule has 0 amide bonds. The largest absolute Gasteiger partial charge is 0.295 e. The highest BCUT2D eigenvalue weighted by Crippen LogP contribution is 2.29. The molecule has 2 heteroatoms. The van der Waals surface area contributed by atoms with E-state index in [9.17, 15) is 0 Å². The van der Waals surface area contributed by atoms with Gasteiger partial charge in [-0.1, -0.05) is 18.9 Å². The highest BCUT2D eigenvalue weighted by molar-refractivity contribution is 5.28. The van der Waals surface area contributed by atoms with E-state index in [0.717, 1.165) is 19.3 Å². The second kappa shape index (κ2) is 4.46. The molecule has 0 spiro atoms. The van der Waals surface area contributed by atoms with Crippen LogP contribution in [-0.2, 0) is 6.42 Å². The van der Waals surface area contributed by atoms with Gasteiger partial charge in [-0.05, 0) is 30.9 Å². The summed E-state index contributed by atoms with van der Waals surface area (Å²) in [5, 5.41) is 3.47. The lowest BCUT2D eigenvalue weighted by Gasteiger charge is -2.17. The summed E-state index contributed by atoms with van der Waals surface area (Å²) in [6, 6.07) is 4.67. The summed E-state index contributed by atoms with van der Waals surface area (Å²) in [6.45, 7) is 2.10. The minimum Gasteiger partial charge on any atom is -0.295 e. The summed E-state index contributed by atoms with van der Waals surface area (Å²) in [4.78, 5) is 4.43. The van der Waals surface area contributed by atoms with Gasteiger partial charge in [0.15, 0.2) is 0 Å². The molecule has 0 aromatic carbocycles. The maximum atomic E-state index is 5.45. The van der Waals surface area contributed by atoms with E-state index in [4.69, 9.17) is 6.42 Å². The number of nitrogens with zero attached hydrogens (tertiary/aromatic N) is 1. The standard InChI is InChI=1S/C13H16N2/c1-3-11(4-2)15-12-8-7-10-6-5-9-14-13(10)12/h1,5-6,9,11-12,15H,4,7-8H2,2H3. The Morgan fingerprint density at radius 2 is 2.60 bits per heavy atom. The lowest BCUT2D eigenvalue weighted by atomic mass is 10.1. The number of aromatic nitrogens is 1. The first kappa shape index (κ1) is 10.2. The van der Waals surface area contributed by atoms with Crippen LogP contribution in [-0.4, -0.2) is 11.0 Å². The van der Waals surface area contributed by atoms with Gasteiger partial charge in [-0.3, -0.25) is 10.3 Å². The van der Waals surface area contributed by atoms with Gasteiger partial charge in [0.1, 0.15) is 0 Å². The summed E-state index contributed by atoms with van der Waals surface area (Å²) >= 11 is 0. The Kier molecular flexibility index (Phi) is 3.03. The number of aryl methyl sites for hydroxylation is 1. The zero-order valence-electron chi connectivity index (χ0n) is 9.03. The predicted octanol–water partition coefficient (Wildman–Crippen LogP) is 2.07. The molecule has 1 aliphatic rings. The highest BCUT2D eigenvalue weighted by atomic mass is 15.0. The van der Waals surface area contributed by atoms with Crippen LogP contribution in [0.2, 0.25) is 0 Å². The van der Waals surface area contributed by atoms with E-state index < -0.39 is 0 Å². The van der Waals surface area contributed by atoms with Gasteiger partial charge in [0, 0.05) is 6.20 Å². The number of terminal acetylenes is 1. The van der Waals surface area contributed by atoms with Crippen LogP contribution in [0.3, 0.4) is 0 Å². The van der Waals surface area contributed by atoms with Crippen molar-refractivity contribution in [3.8, 4) is 12.3 Å². The third kappa shape index (κ3) is 2.03. The molecule has 2 nitrogen and oxygen atoms in total. The first-order chi connectivity index (χ1) is 7.35. The minimum absolute atomic E-state index is 0.169. The fourth-order valence-electron chi connectivity index (χ4n) is 2.10. The van der Waals surface area contributed by atoms with Crippen LogP contribution in [0.5, 0.6) is 0 Å². The van der Waals surface area contributed by atoms with Crippen molar-refractivity contribution in [2.75, 3.05) is 0 Å². The van der Waals surface area contributed by atoms with Crippen LogP contribution < -0.4 is 5.32 Å². The molecular formula is C13H16N2. The van der Waals surface area contributed by atoms with E-state index in [1.54, 1.807) is 0 Å². The molecule has 0 bridgehead atoms. The number of pyridine rings is 1. The van der Waals surface area contributed by atoms with Crippen LogP contribution in [0.25, 0.3) is 0 Å². The van der Waals surface area contributed by atoms with Gasteiger partial charge in [0.2, 0.25) is 0 Å². The summed E-state index contributed by atoms with van der Waals surface area (Å²) in [7, 11) is 0. The van der Waals surface area contributed by atoms with E-state index >= 15 is 0 Å². The molecule has 2 unspecified atom stereocenters. The number of nitrogens with one attached hydrogen (secondary N) is 1. The average molecular weight is 200 g/mol. The molecule has 0 saturated carbocycles. The molecule has 0 radical (unpaired) electrons. The van der Waals surface area contributed by atoms with Gasteiger partial charge in [0.05, 0.1) is 17.8 Å². The van der Waals surface area contributed by atoms with Gasteiger partial charge in [-0.25, -0.2) is 0 Å². The van der Waals surface area contributed by atoms with Crippen LogP contribution in [0.15, 0.2) is 18.3 Å². The van der Waals surface area contributed by atoms with Crippen LogP contribution in [0.4, 0.5) is 0 Å². The van der Waals surface area contributed by atoms with Crippen molar-refractivity contribution in [2.45, 2.75) is 38.3 Å². The van der Waals surface area contributed by atoms with Crippen LogP contribution >= 0.6 is 0 Å². The van der Waals surface area contributed by atoms with Crippen molar-refractivity contribution in [3.63, 3.8) is 0 Å². The number of hydrogen-bond donors (Lipinski definition) is 1. The molecule has 78 valence electrons. The number of fused-ring (bicyclic) bond motifs is 1. The fourth-order valence-corrected chi connectivity index (χ4v) is 2.10. The molecule has 0 fully saturated rings. The monoisotopic (exact) mass is 200 g/mol. The lowest BCUT2D eigenvalue weighted by Crippen LogP contribution is -2.30. The van der Waals surface area contributed by atoms with Crippen molar-refractivity contribution < 1.29 is 0 Å². The Morgan fingerprint density at radius 3 is 3.33 bits per heavy atom. The molecular weight excluding hydrogens is 184 g/mol. The van der Waals surface area contributed by atoms with Crippen molar-refractivity contribution in [1.82, 2.24) is 10.3 Å². The Balaban J connectivity index is 2.11. The second-order valence-electron chi connectivity index (χ2n) is 3.93. The third-order valence-electron chi connectivity index (χ3n) is 2.97. The SMILES string of the molecule is C#CC(CC)NC1CCc2cccnc21. The first-order valence-electron chi connectivity index (χ1n) is 5.51.